The molecule has 1 aromatic heterocycles. The van der Waals surface area contributed by atoms with Crippen LogP contribution in [0.1, 0.15) is 11.1 Å². The lowest BCUT2D eigenvalue weighted by atomic mass is 10.0. The number of pyridine rings is 1. The van der Waals surface area contributed by atoms with Gasteiger partial charge in [-0.15, -0.1) is 6.42 Å². The molecule has 5 nitrogen and oxygen atoms in total. The van der Waals surface area contributed by atoms with Gasteiger partial charge >= 0.3 is 0 Å². The zero-order valence-electron chi connectivity index (χ0n) is 9.70. The molecular formula is C14H7N3O2. The van der Waals surface area contributed by atoms with Gasteiger partial charge < -0.3 is 0 Å². The summed E-state index contributed by atoms with van der Waals surface area (Å²) < 4.78 is 0. The molecule has 5 heteroatoms. The molecule has 0 amide bonds. The van der Waals surface area contributed by atoms with Crippen molar-refractivity contribution >= 4 is 5.69 Å². The number of terminal acetylenes is 1. The lowest BCUT2D eigenvalue weighted by Crippen LogP contribution is -1.94. The molecule has 0 aliphatic heterocycles. The van der Waals surface area contributed by atoms with Crippen LogP contribution in [-0.4, -0.2) is 9.91 Å². The molecule has 0 bridgehead atoms. The second-order valence-corrected chi connectivity index (χ2v) is 3.68. The predicted molar refractivity (Wildman–Crippen MR) is 69.0 cm³/mol. The largest absolute Gasteiger partial charge is 0.288 e. The van der Waals surface area contributed by atoms with Gasteiger partial charge in [0.25, 0.3) is 5.69 Å². The van der Waals surface area contributed by atoms with Gasteiger partial charge in [-0.3, -0.25) is 10.1 Å². The maximum Gasteiger partial charge on any atom is 0.288 e. The van der Waals surface area contributed by atoms with E-state index in [1.807, 2.05) is 6.07 Å². The summed E-state index contributed by atoms with van der Waals surface area (Å²) in [6.07, 6.45) is 6.51. The van der Waals surface area contributed by atoms with E-state index in [-0.39, 0.29) is 5.69 Å². The molecule has 0 saturated carbocycles. The first kappa shape index (κ1) is 12.3. The Labute approximate surface area is 109 Å². The van der Waals surface area contributed by atoms with Crippen LogP contribution in [0.25, 0.3) is 11.3 Å². The van der Waals surface area contributed by atoms with Crippen molar-refractivity contribution in [3.8, 4) is 29.7 Å². The highest BCUT2D eigenvalue weighted by Crippen LogP contribution is 2.24. The minimum absolute atomic E-state index is 0.148. The molecule has 19 heavy (non-hydrogen) atoms. The monoisotopic (exact) mass is 249 g/mol. The van der Waals surface area contributed by atoms with Gasteiger partial charge in [-0.05, 0) is 12.1 Å². The molecule has 90 valence electrons. The molecule has 0 spiro atoms. The summed E-state index contributed by atoms with van der Waals surface area (Å²) in [6, 6.07) is 9.99. The molecule has 0 radical (unpaired) electrons. The Bertz CT molecular complexity index is 722. The number of aromatic nitrogens is 1. The number of nitrogens with zero attached hydrogens (tertiary/aromatic N) is 3. The van der Waals surface area contributed by atoms with E-state index in [9.17, 15) is 10.1 Å². The topological polar surface area (TPSA) is 79.8 Å². The molecule has 1 heterocycles. The van der Waals surface area contributed by atoms with E-state index in [1.54, 1.807) is 24.3 Å². The quantitative estimate of drug-likeness (QED) is 0.465. The minimum atomic E-state index is -0.545. The average Bonchev–Trinajstić information content (AvgIpc) is 2.46. The van der Waals surface area contributed by atoms with Crippen molar-refractivity contribution in [2.24, 2.45) is 0 Å². The number of nitriles is 1. The first-order chi connectivity index (χ1) is 9.15. The van der Waals surface area contributed by atoms with Crippen molar-refractivity contribution in [2.75, 3.05) is 0 Å². The van der Waals surface area contributed by atoms with Gasteiger partial charge in [-0.1, -0.05) is 18.1 Å². The fourth-order valence-corrected chi connectivity index (χ4v) is 1.60. The van der Waals surface area contributed by atoms with Crippen molar-refractivity contribution in [3.05, 3.63) is 57.8 Å². The van der Waals surface area contributed by atoms with Gasteiger partial charge in [0.2, 0.25) is 0 Å². The fourth-order valence-electron chi connectivity index (χ4n) is 1.60. The van der Waals surface area contributed by atoms with Gasteiger partial charge in [-0.2, -0.15) is 5.26 Å². The van der Waals surface area contributed by atoms with Crippen LogP contribution in [0.15, 0.2) is 36.5 Å². The molecular weight excluding hydrogens is 242 g/mol. The van der Waals surface area contributed by atoms with Crippen LogP contribution >= 0.6 is 0 Å². The Morgan fingerprint density at radius 2 is 2.00 bits per heavy atom. The smallest absolute Gasteiger partial charge is 0.258 e. The third-order valence-corrected chi connectivity index (χ3v) is 2.53. The van der Waals surface area contributed by atoms with Crippen LogP contribution in [0, 0.1) is 33.8 Å². The van der Waals surface area contributed by atoms with Crippen LogP contribution in [0.4, 0.5) is 5.69 Å². The SMILES string of the molecule is C#Cc1cc([N+](=O)[O-])cnc1-c1ccc(C#N)cc1. The summed E-state index contributed by atoms with van der Waals surface area (Å²) in [4.78, 5) is 14.1. The van der Waals surface area contributed by atoms with Crippen LogP contribution in [0.5, 0.6) is 0 Å². The summed E-state index contributed by atoms with van der Waals surface area (Å²) in [5.41, 5.74) is 1.91. The number of hydrogen-bond acceptors (Lipinski definition) is 4. The number of rotatable bonds is 2. The molecule has 0 N–H and O–H groups in total. The second-order valence-electron chi connectivity index (χ2n) is 3.68. The summed E-state index contributed by atoms with van der Waals surface area (Å²) in [5.74, 6) is 2.39. The van der Waals surface area contributed by atoms with Gasteiger partial charge in [0.05, 0.1) is 27.8 Å². The summed E-state index contributed by atoms with van der Waals surface area (Å²) in [7, 11) is 0. The van der Waals surface area contributed by atoms with E-state index in [0.717, 1.165) is 6.20 Å². The zero-order chi connectivity index (χ0) is 13.8. The van der Waals surface area contributed by atoms with Crippen LogP contribution in [-0.2, 0) is 0 Å². The Kier molecular flexibility index (Phi) is 3.22. The molecule has 2 aromatic rings. The Balaban J connectivity index is 2.53. The average molecular weight is 249 g/mol. The van der Waals surface area contributed by atoms with E-state index >= 15 is 0 Å². The van der Waals surface area contributed by atoms with Gasteiger partial charge in [0.1, 0.15) is 6.20 Å². The predicted octanol–water partition coefficient (Wildman–Crippen LogP) is 2.51. The summed E-state index contributed by atoms with van der Waals surface area (Å²) in [6.45, 7) is 0. The molecule has 0 aliphatic carbocycles. The lowest BCUT2D eigenvalue weighted by molar-refractivity contribution is -0.385. The van der Waals surface area contributed by atoms with Gasteiger partial charge in [0.15, 0.2) is 0 Å². The van der Waals surface area contributed by atoms with Crippen LogP contribution in [0.3, 0.4) is 0 Å². The molecule has 0 fully saturated rings. The maximum absolute atomic E-state index is 10.7. The first-order valence-corrected chi connectivity index (χ1v) is 5.27. The van der Waals surface area contributed by atoms with Gasteiger partial charge in [0, 0.05) is 11.6 Å². The van der Waals surface area contributed by atoms with E-state index in [1.165, 1.54) is 6.07 Å². The lowest BCUT2D eigenvalue weighted by Gasteiger charge is -2.03. The highest BCUT2D eigenvalue weighted by atomic mass is 16.6. The summed E-state index contributed by atoms with van der Waals surface area (Å²) >= 11 is 0. The third-order valence-electron chi connectivity index (χ3n) is 2.53. The highest BCUT2D eigenvalue weighted by Gasteiger charge is 2.12. The van der Waals surface area contributed by atoms with E-state index in [2.05, 4.69) is 10.9 Å². The van der Waals surface area contributed by atoms with Crippen LogP contribution < -0.4 is 0 Å². The Hall–Kier alpha value is -3.18. The number of nitro groups is 1. The Morgan fingerprint density at radius 1 is 1.32 bits per heavy atom. The molecule has 0 aliphatic rings. The molecule has 0 atom stereocenters. The molecule has 2 rings (SSSR count). The van der Waals surface area contributed by atoms with Crippen LogP contribution in [0.2, 0.25) is 0 Å². The summed E-state index contributed by atoms with van der Waals surface area (Å²) in [5, 5.41) is 19.4. The molecule has 0 unspecified atom stereocenters. The molecule has 1 aromatic carbocycles. The van der Waals surface area contributed by atoms with Crippen molar-refractivity contribution in [3.63, 3.8) is 0 Å². The second kappa shape index (κ2) is 4.99. The Morgan fingerprint density at radius 3 is 2.53 bits per heavy atom. The zero-order valence-corrected chi connectivity index (χ0v) is 9.70. The minimum Gasteiger partial charge on any atom is -0.258 e. The van der Waals surface area contributed by atoms with E-state index in [0.29, 0.717) is 22.4 Å². The molecule has 0 saturated heterocycles. The van der Waals surface area contributed by atoms with Crippen molar-refractivity contribution in [2.45, 2.75) is 0 Å². The maximum atomic E-state index is 10.7. The van der Waals surface area contributed by atoms with Gasteiger partial charge in [-0.25, -0.2) is 4.98 Å². The van der Waals surface area contributed by atoms with Crippen molar-refractivity contribution < 1.29 is 4.92 Å². The normalized spacial score (nSPS) is 9.37. The van der Waals surface area contributed by atoms with E-state index in [4.69, 9.17) is 11.7 Å². The standard InChI is InChI=1S/C14H7N3O2/c1-2-11-7-13(17(18)19)9-16-14(11)12-5-3-10(8-15)4-6-12/h1,3-7,9H. The highest BCUT2D eigenvalue weighted by molar-refractivity contribution is 5.68. The van der Waals surface area contributed by atoms with Crippen molar-refractivity contribution in [1.82, 2.24) is 4.98 Å². The number of hydrogen-bond donors (Lipinski definition) is 0. The third kappa shape index (κ3) is 2.41. The fraction of sp³-hybridized carbons (Fsp3) is 0. The van der Waals surface area contributed by atoms with Crippen molar-refractivity contribution in [1.29, 1.82) is 5.26 Å². The first-order valence-electron chi connectivity index (χ1n) is 5.27. The number of benzene rings is 1. The van der Waals surface area contributed by atoms with E-state index < -0.39 is 4.92 Å².